The number of pyridine rings is 1. The minimum atomic E-state index is -3.78. The van der Waals surface area contributed by atoms with Gasteiger partial charge in [-0.3, -0.25) is 4.98 Å². The van der Waals surface area contributed by atoms with E-state index in [4.69, 9.17) is 0 Å². The molecular weight excluding hydrogens is 295 g/mol. The highest BCUT2D eigenvalue weighted by molar-refractivity contribution is 7.89. The van der Waals surface area contributed by atoms with Crippen LogP contribution in [0.3, 0.4) is 0 Å². The van der Waals surface area contributed by atoms with E-state index in [9.17, 15) is 17.9 Å². The molecule has 1 saturated heterocycles. The number of rotatable bonds is 4. The molecule has 2 rings (SSSR count). The molecule has 2 unspecified atom stereocenters. The summed E-state index contributed by atoms with van der Waals surface area (Å²) in [6.45, 7) is 2.05. The van der Waals surface area contributed by atoms with Gasteiger partial charge in [-0.1, -0.05) is 12.8 Å². The van der Waals surface area contributed by atoms with Gasteiger partial charge in [-0.15, -0.1) is 0 Å². The number of aromatic nitrogens is 1. The average Bonchev–Trinajstić information content (AvgIpc) is 2.64. The molecule has 0 aliphatic carbocycles. The van der Waals surface area contributed by atoms with Crippen LogP contribution in [0.15, 0.2) is 23.4 Å². The van der Waals surface area contributed by atoms with Gasteiger partial charge in [-0.25, -0.2) is 12.8 Å². The first-order valence-electron chi connectivity index (χ1n) is 7.21. The third-order valence-corrected chi connectivity index (χ3v) is 5.64. The Kier molecular flexibility index (Phi) is 5.29. The molecule has 1 N–H and O–H groups in total. The number of aliphatic hydroxyl groups excluding tert-OH is 1. The first kappa shape index (κ1) is 16.3. The average molecular weight is 316 g/mol. The molecule has 2 heterocycles. The van der Waals surface area contributed by atoms with E-state index in [0.29, 0.717) is 19.4 Å². The smallest absolute Gasteiger partial charge is 0.244 e. The zero-order valence-corrected chi connectivity index (χ0v) is 12.9. The van der Waals surface area contributed by atoms with Gasteiger partial charge in [0.15, 0.2) is 0 Å². The van der Waals surface area contributed by atoms with Gasteiger partial charge in [0.05, 0.1) is 12.3 Å². The van der Waals surface area contributed by atoms with Gasteiger partial charge in [0.2, 0.25) is 10.0 Å². The van der Waals surface area contributed by atoms with Crippen LogP contribution in [0.5, 0.6) is 0 Å². The maximum atomic E-state index is 13.3. The van der Waals surface area contributed by atoms with Crippen molar-refractivity contribution in [2.75, 3.05) is 6.54 Å². The van der Waals surface area contributed by atoms with Gasteiger partial charge in [0.1, 0.15) is 10.7 Å². The second-order valence-electron chi connectivity index (χ2n) is 5.54. The van der Waals surface area contributed by atoms with Crippen LogP contribution in [0.25, 0.3) is 0 Å². The molecular formula is C14H21FN2O3S. The van der Waals surface area contributed by atoms with Crippen LogP contribution in [0.4, 0.5) is 4.39 Å². The largest absolute Gasteiger partial charge is 0.393 e. The summed E-state index contributed by atoms with van der Waals surface area (Å²) in [6, 6.07) is 0.743. The van der Waals surface area contributed by atoms with Gasteiger partial charge in [0, 0.05) is 18.8 Å². The fraction of sp³-hybridized carbons (Fsp3) is 0.643. The number of nitrogens with zero attached hydrogens (tertiary/aromatic N) is 2. The minimum Gasteiger partial charge on any atom is -0.393 e. The fourth-order valence-corrected chi connectivity index (χ4v) is 4.45. The van der Waals surface area contributed by atoms with E-state index in [1.807, 2.05) is 0 Å². The zero-order chi connectivity index (χ0) is 15.5. The summed E-state index contributed by atoms with van der Waals surface area (Å²) in [4.78, 5) is 3.50. The number of halogens is 1. The number of hydrogen-bond acceptors (Lipinski definition) is 4. The number of aliphatic hydroxyl groups is 1. The Morgan fingerprint density at radius 2 is 2.19 bits per heavy atom. The van der Waals surface area contributed by atoms with Crippen LogP contribution >= 0.6 is 0 Å². The lowest BCUT2D eigenvalue weighted by atomic mass is 10.1. The molecule has 1 aliphatic rings. The van der Waals surface area contributed by atoms with E-state index in [2.05, 4.69) is 4.98 Å². The van der Waals surface area contributed by atoms with Crippen LogP contribution in [-0.2, 0) is 10.0 Å². The Bertz CT molecular complexity index is 577. The molecule has 21 heavy (non-hydrogen) atoms. The van der Waals surface area contributed by atoms with Crippen molar-refractivity contribution in [1.82, 2.24) is 9.29 Å². The quantitative estimate of drug-likeness (QED) is 0.921. The summed E-state index contributed by atoms with van der Waals surface area (Å²) in [5.74, 6) is -0.669. The SMILES string of the molecule is CC(O)CC1CCCCCN1S(=O)(=O)c1cncc(F)c1. The fourth-order valence-electron chi connectivity index (χ4n) is 2.77. The summed E-state index contributed by atoms with van der Waals surface area (Å²) in [5, 5.41) is 9.60. The van der Waals surface area contributed by atoms with E-state index in [1.165, 1.54) is 10.5 Å². The molecule has 0 saturated carbocycles. The molecule has 118 valence electrons. The summed E-state index contributed by atoms with van der Waals surface area (Å²) in [5.41, 5.74) is 0. The lowest BCUT2D eigenvalue weighted by Gasteiger charge is -2.29. The zero-order valence-electron chi connectivity index (χ0n) is 12.1. The van der Waals surface area contributed by atoms with Crippen molar-refractivity contribution < 1.29 is 17.9 Å². The van der Waals surface area contributed by atoms with Crippen molar-refractivity contribution in [2.24, 2.45) is 0 Å². The highest BCUT2D eigenvalue weighted by Crippen LogP contribution is 2.27. The van der Waals surface area contributed by atoms with Crippen molar-refractivity contribution >= 4 is 10.0 Å². The summed E-state index contributed by atoms with van der Waals surface area (Å²) >= 11 is 0. The van der Waals surface area contributed by atoms with Gasteiger partial charge in [-0.2, -0.15) is 4.31 Å². The Morgan fingerprint density at radius 1 is 1.43 bits per heavy atom. The number of hydrogen-bond donors (Lipinski definition) is 1. The van der Waals surface area contributed by atoms with Gasteiger partial charge < -0.3 is 5.11 Å². The van der Waals surface area contributed by atoms with Crippen LogP contribution in [0.2, 0.25) is 0 Å². The third kappa shape index (κ3) is 3.99. The highest BCUT2D eigenvalue weighted by atomic mass is 32.2. The number of sulfonamides is 1. The second kappa shape index (κ2) is 6.81. The molecule has 7 heteroatoms. The third-order valence-electron chi connectivity index (χ3n) is 3.72. The predicted octanol–water partition coefficient (Wildman–Crippen LogP) is 1.92. The van der Waals surface area contributed by atoms with Crippen LogP contribution in [0.1, 0.15) is 39.0 Å². The maximum absolute atomic E-state index is 13.3. The lowest BCUT2D eigenvalue weighted by molar-refractivity contribution is 0.147. The normalized spacial score (nSPS) is 22.7. The molecule has 0 aromatic carbocycles. The molecule has 0 radical (unpaired) electrons. The molecule has 1 aromatic heterocycles. The Morgan fingerprint density at radius 3 is 2.86 bits per heavy atom. The summed E-state index contributed by atoms with van der Waals surface area (Å²) in [7, 11) is -3.78. The molecule has 5 nitrogen and oxygen atoms in total. The van der Waals surface area contributed by atoms with Crippen LogP contribution in [-0.4, -0.2) is 41.5 Å². The van der Waals surface area contributed by atoms with Gasteiger partial charge in [0.25, 0.3) is 0 Å². The van der Waals surface area contributed by atoms with Gasteiger partial charge >= 0.3 is 0 Å². The van der Waals surface area contributed by atoms with Crippen molar-refractivity contribution in [3.05, 3.63) is 24.3 Å². The van der Waals surface area contributed by atoms with Crippen LogP contribution in [0, 0.1) is 5.82 Å². The highest BCUT2D eigenvalue weighted by Gasteiger charge is 2.33. The monoisotopic (exact) mass is 316 g/mol. The van der Waals surface area contributed by atoms with E-state index < -0.39 is 21.9 Å². The standard InChI is InChI=1S/C14H21FN2O3S/c1-11(18)7-13-5-3-2-4-6-17(13)21(19,20)14-8-12(15)9-16-10-14/h8-11,13,18H,2-7H2,1H3. The second-order valence-corrected chi connectivity index (χ2v) is 7.43. The van der Waals surface area contributed by atoms with Crippen molar-refractivity contribution in [2.45, 2.75) is 56.1 Å². The summed E-state index contributed by atoms with van der Waals surface area (Å²) in [6.07, 6.45) is 5.36. The Balaban J connectivity index is 2.34. The van der Waals surface area contributed by atoms with E-state index in [1.54, 1.807) is 6.92 Å². The Labute approximate surface area is 124 Å². The maximum Gasteiger partial charge on any atom is 0.244 e. The van der Waals surface area contributed by atoms with E-state index >= 15 is 0 Å². The molecule has 1 aromatic rings. The van der Waals surface area contributed by atoms with E-state index in [0.717, 1.165) is 31.5 Å². The lowest BCUT2D eigenvalue weighted by Crippen LogP contribution is -2.41. The molecule has 0 amide bonds. The van der Waals surface area contributed by atoms with Crippen molar-refractivity contribution in [3.8, 4) is 0 Å². The van der Waals surface area contributed by atoms with Gasteiger partial charge in [-0.05, 0) is 32.3 Å². The first-order valence-corrected chi connectivity index (χ1v) is 8.65. The molecule has 2 atom stereocenters. The topological polar surface area (TPSA) is 70.5 Å². The van der Waals surface area contributed by atoms with E-state index in [-0.39, 0.29) is 10.9 Å². The summed E-state index contributed by atoms with van der Waals surface area (Å²) < 4.78 is 40.1. The van der Waals surface area contributed by atoms with Crippen molar-refractivity contribution in [3.63, 3.8) is 0 Å². The van der Waals surface area contributed by atoms with Crippen LogP contribution < -0.4 is 0 Å². The van der Waals surface area contributed by atoms with Crippen molar-refractivity contribution in [1.29, 1.82) is 0 Å². The predicted molar refractivity (Wildman–Crippen MR) is 76.6 cm³/mol. The molecule has 1 fully saturated rings. The molecule has 1 aliphatic heterocycles. The Hall–Kier alpha value is -1.05. The minimum absolute atomic E-state index is 0.125. The molecule has 0 spiro atoms. The first-order chi connectivity index (χ1) is 9.91. The molecule has 0 bridgehead atoms.